The average Bonchev–Trinajstić information content (AvgIpc) is 2.56. The number of hydrogen-bond acceptors (Lipinski definition) is 4. The van der Waals surface area contributed by atoms with Crippen molar-refractivity contribution in [1.29, 1.82) is 0 Å². The Morgan fingerprint density at radius 1 is 0.833 bits per heavy atom. The summed E-state index contributed by atoms with van der Waals surface area (Å²) in [4.78, 5) is 30.7. The zero-order valence-electron chi connectivity index (χ0n) is 12.9. The van der Waals surface area contributed by atoms with Crippen LogP contribution in [0.5, 0.6) is 0 Å². The van der Waals surface area contributed by atoms with Crippen LogP contribution in [0, 0.1) is 0 Å². The number of nitrogens with zero attached hydrogens (tertiary/aromatic N) is 2. The van der Waals surface area contributed by atoms with Gasteiger partial charge in [0.05, 0.1) is 22.1 Å². The summed E-state index contributed by atoms with van der Waals surface area (Å²) in [6, 6.07) is 11.1. The van der Waals surface area contributed by atoms with Gasteiger partial charge in [0.1, 0.15) is 0 Å². The predicted octanol–water partition coefficient (Wildman–Crippen LogP) is 2.82. The minimum atomic E-state index is -0.850. The summed E-state index contributed by atoms with van der Waals surface area (Å²) < 4.78 is 0. The summed E-state index contributed by atoms with van der Waals surface area (Å²) in [5.41, 5.74) is 4.58. The van der Waals surface area contributed by atoms with Crippen LogP contribution in [0.3, 0.4) is 0 Å². The maximum Gasteiger partial charge on any atom is 0.303 e. The van der Waals surface area contributed by atoms with Crippen LogP contribution in [-0.2, 0) is 22.4 Å². The van der Waals surface area contributed by atoms with Gasteiger partial charge in [-0.05, 0) is 42.2 Å². The molecule has 0 unspecified atom stereocenters. The van der Waals surface area contributed by atoms with Gasteiger partial charge in [0, 0.05) is 12.8 Å². The minimum absolute atomic E-state index is 0.0392. The molecule has 0 aliphatic heterocycles. The van der Waals surface area contributed by atoms with E-state index in [-0.39, 0.29) is 12.8 Å². The molecule has 0 spiro atoms. The molecule has 0 fully saturated rings. The molecule has 2 N–H and O–H groups in total. The Hall–Kier alpha value is -3.02. The second kappa shape index (κ2) is 6.62. The van der Waals surface area contributed by atoms with Gasteiger partial charge in [-0.25, -0.2) is 9.97 Å². The smallest absolute Gasteiger partial charge is 0.303 e. The van der Waals surface area contributed by atoms with Crippen LogP contribution in [0.4, 0.5) is 0 Å². The molecule has 122 valence electrons. The topological polar surface area (TPSA) is 100 Å². The largest absolute Gasteiger partial charge is 0.481 e. The van der Waals surface area contributed by atoms with Crippen molar-refractivity contribution in [2.75, 3.05) is 0 Å². The third-order valence-electron chi connectivity index (χ3n) is 3.85. The van der Waals surface area contributed by atoms with E-state index in [4.69, 9.17) is 10.2 Å². The summed E-state index contributed by atoms with van der Waals surface area (Å²) in [5.74, 6) is -1.69. The fraction of sp³-hybridized carbons (Fsp3) is 0.222. The third-order valence-corrected chi connectivity index (χ3v) is 3.85. The van der Waals surface area contributed by atoms with Crippen molar-refractivity contribution in [3.05, 3.63) is 47.5 Å². The SMILES string of the molecule is O=C(O)CCc1ccc2nc3cccc(CCC(=O)O)c3nc2c1. The maximum atomic E-state index is 10.8. The normalized spacial score (nSPS) is 11.0. The number of carboxylic acid groups (broad SMARTS) is 2. The molecule has 0 aliphatic carbocycles. The van der Waals surface area contributed by atoms with Crippen molar-refractivity contribution in [2.45, 2.75) is 25.7 Å². The molecule has 24 heavy (non-hydrogen) atoms. The van der Waals surface area contributed by atoms with Crippen LogP contribution in [0.1, 0.15) is 24.0 Å². The van der Waals surface area contributed by atoms with Crippen LogP contribution in [0.25, 0.3) is 22.1 Å². The van der Waals surface area contributed by atoms with E-state index in [1.807, 2.05) is 36.4 Å². The molecule has 1 aromatic heterocycles. The Bertz CT molecular complexity index is 937. The number of aromatic nitrogens is 2. The Morgan fingerprint density at radius 2 is 1.58 bits per heavy atom. The molecule has 1 heterocycles. The zero-order valence-corrected chi connectivity index (χ0v) is 12.9. The first-order valence-corrected chi connectivity index (χ1v) is 7.65. The molecule has 6 nitrogen and oxygen atoms in total. The fourth-order valence-corrected chi connectivity index (χ4v) is 2.65. The standard InChI is InChI=1S/C18H16N2O4/c21-16(22)8-5-11-4-7-13-15(10-11)20-18-12(6-9-17(23)24)2-1-3-14(18)19-13/h1-4,7,10H,5-6,8-9H2,(H,21,22)(H,23,24). The summed E-state index contributed by atoms with van der Waals surface area (Å²) in [5, 5.41) is 17.7. The second-order valence-corrected chi connectivity index (χ2v) is 5.62. The molecule has 0 saturated heterocycles. The number of hydrogen-bond donors (Lipinski definition) is 2. The Labute approximate surface area is 137 Å². The van der Waals surface area contributed by atoms with Gasteiger partial charge < -0.3 is 10.2 Å². The van der Waals surface area contributed by atoms with E-state index in [0.717, 1.165) is 22.2 Å². The highest BCUT2D eigenvalue weighted by Crippen LogP contribution is 2.21. The van der Waals surface area contributed by atoms with Gasteiger partial charge in [0.2, 0.25) is 0 Å². The van der Waals surface area contributed by atoms with Crippen molar-refractivity contribution >= 4 is 34.0 Å². The first-order chi connectivity index (χ1) is 11.5. The molecule has 0 amide bonds. The van der Waals surface area contributed by atoms with E-state index >= 15 is 0 Å². The van der Waals surface area contributed by atoms with Crippen molar-refractivity contribution in [3.63, 3.8) is 0 Å². The van der Waals surface area contributed by atoms with Crippen molar-refractivity contribution in [3.8, 4) is 0 Å². The number of aliphatic carboxylic acids is 2. The minimum Gasteiger partial charge on any atom is -0.481 e. The quantitative estimate of drug-likeness (QED) is 0.676. The molecule has 3 rings (SSSR count). The molecule has 0 radical (unpaired) electrons. The molecule has 0 atom stereocenters. The Kier molecular flexibility index (Phi) is 4.37. The highest BCUT2D eigenvalue weighted by molar-refractivity contribution is 5.88. The van der Waals surface area contributed by atoms with Gasteiger partial charge in [-0.1, -0.05) is 18.2 Å². The molecule has 0 aliphatic rings. The summed E-state index contributed by atoms with van der Waals surface area (Å²) in [7, 11) is 0. The second-order valence-electron chi connectivity index (χ2n) is 5.62. The van der Waals surface area contributed by atoms with Crippen LogP contribution < -0.4 is 0 Å². The van der Waals surface area contributed by atoms with E-state index in [0.29, 0.717) is 23.9 Å². The van der Waals surface area contributed by atoms with E-state index in [2.05, 4.69) is 9.97 Å². The number of para-hydroxylation sites is 1. The van der Waals surface area contributed by atoms with E-state index in [9.17, 15) is 9.59 Å². The van der Waals surface area contributed by atoms with Gasteiger partial charge in [-0.3, -0.25) is 9.59 Å². The number of rotatable bonds is 6. The van der Waals surface area contributed by atoms with Crippen molar-refractivity contribution < 1.29 is 19.8 Å². The van der Waals surface area contributed by atoms with Crippen LogP contribution >= 0.6 is 0 Å². The lowest BCUT2D eigenvalue weighted by atomic mass is 10.1. The third kappa shape index (κ3) is 3.48. The molecular weight excluding hydrogens is 308 g/mol. The lowest BCUT2D eigenvalue weighted by Crippen LogP contribution is -2.00. The summed E-state index contributed by atoms with van der Waals surface area (Å²) >= 11 is 0. The van der Waals surface area contributed by atoms with Gasteiger partial charge in [0.15, 0.2) is 0 Å². The fourth-order valence-electron chi connectivity index (χ4n) is 2.65. The Balaban J connectivity index is 2.03. The zero-order chi connectivity index (χ0) is 17.1. The van der Waals surface area contributed by atoms with Crippen LogP contribution in [0.2, 0.25) is 0 Å². The van der Waals surface area contributed by atoms with Crippen LogP contribution in [0.15, 0.2) is 36.4 Å². The van der Waals surface area contributed by atoms with E-state index in [1.54, 1.807) is 0 Å². The number of carboxylic acids is 2. The number of carbonyl (C=O) groups is 2. The molecule has 0 saturated carbocycles. The van der Waals surface area contributed by atoms with Gasteiger partial charge in [0.25, 0.3) is 0 Å². The lowest BCUT2D eigenvalue weighted by Gasteiger charge is -2.07. The van der Waals surface area contributed by atoms with Crippen molar-refractivity contribution in [1.82, 2.24) is 9.97 Å². The van der Waals surface area contributed by atoms with Gasteiger partial charge >= 0.3 is 11.9 Å². The monoisotopic (exact) mass is 324 g/mol. The molecular formula is C18H16N2O4. The van der Waals surface area contributed by atoms with Gasteiger partial charge in [-0.2, -0.15) is 0 Å². The molecule has 0 bridgehead atoms. The Morgan fingerprint density at radius 3 is 2.33 bits per heavy atom. The molecule has 6 heteroatoms. The summed E-state index contributed by atoms with van der Waals surface area (Å²) in [6.45, 7) is 0. The number of benzene rings is 2. The lowest BCUT2D eigenvalue weighted by molar-refractivity contribution is -0.138. The first-order valence-electron chi connectivity index (χ1n) is 7.65. The first kappa shape index (κ1) is 15.9. The van der Waals surface area contributed by atoms with E-state index in [1.165, 1.54) is 0 Å². The number of fused-ring (bicyclic) bond motifs is 2. The van der Waals surface area contributed by atoms with Crippen molar-refractivity contribution in [2.24, 2.45) is 0 Å². The van der Waals surface area contributed by atoms with Gasteiger partial charge in [-0.15, -0.1) is 0 Å². The van der Waals surface area contributed by atoms with E-state index < -0.39 is 11.9 Å². The highest BCUT2D eigenvalue weighted by atomic mass is 16.4. The number of aryl methyl sites for hydroxylation is 2. The molecule has 2 aromatic carbocycles. The average molecular weight is 324 g/mol. The van der Waals surface area contributed by atoms with Crippen LogP contribution in [-0.4, -0.2) is 32.1 Å². The molecule has 3 aromatic rings. The summed E-state index contributed by atoms with van der Waals surface area (Å²) in [6.07, 6.45) is 0.936. The highest BCUT2D eigenvalue weighted by Gasteiger charge is 2.09. The maximum absolute atomic E-state index is 10.8. The predicted molar refractivity (Wildman–Crippen MR) is 89.0 cm³/mol.